The summed E-state index contributed by atoms with van der Waals surface area (Å²) in [5.41, 5.74) is 7.04. The number of nitrogens with one attached hydrogen (secondary N) is 1. The van der Waals surface area contributed by atoms with Gasteiger partial charge in [0.2, 0.25) is 0 Å². The average Bonchev–Trinajstić information content (AvgIpc) is 3.05. The fraction of sp³-hybridized carbons (Fsp3) is 0.154. The van der Waals surface area contributed by atoms with E-state index in [2.05, 4.69) is 20.4 Å². The van der Waals surface area contributed by atoms with Crippen molar-refractivity contribution in [1.82, 2.24) is 19.7 Å². The molecule has 3 N–H and O–H groups in total. The van der Waals surface area contributed by atoms with Crippen LogP contribution in [-0.4, -0.2) is 31.6 Å². The fourth-order valence-corrected chi connectivity index (χ4v) is 2.71. The molecule has 0 aliphatic carbocycles. The predicted molar refractivity (Wildman–Crippen MR) is 81.8 cm³/mol. The normalized spacial score (nSPS) is 10.8. The molecule has 0 bridgehead atoms. The van der Waals surface area contributed by atoms with Crippen molar-refractivity contribution in [2.75, 3.05) is 5.32 Å². The molecular formula is C13H12N6O2S. The highest BCUT2D eigenvalue weighted by molar-refractivity contribution is 7.17. The van der Waals surface area contributed by atoms with Crippen LogP contribution in [0.5, 0.6) is 0 Å². The van der Waals surface area contributed by atoms with Crippen LogP contribution >= 0.6 is 11.3 Å². The van der Waals surface area contributed by atoms with Crippen molar-refractivity contribution in [3.8, 4) is 0 Å². The first-order chi connectivity index (χ1) is 10.5. The van der Waals surface area contributed by atoms with Gasteiger partial charge in [-0.15, -0.1) is 0 Å². The van der Waals surface area contributed by atoms with Crippen molar-refractivity contribution in [3.63, 3.8) is 0 Å². The largest absolute Gasteiger partial charge is 0.365 e. The molecule has 0 fully saturated rings. The number of fused-ring (bicyclic) bond motifs is 1. The van der Waals surface area contributed by atoms with Crippen molar-refractivity contribution < 1.29 is 9.59 Å². The van der Waals surface area contributed by atoms with Crippen molar-refractivity contribution in [3.05, 3.63) is 34.6 Å². The van der Waals surface area contributed by atoms with Gasteiger partial charge in [0.05, 0.1) is 17.5 Å². The minimum atomic E-state index is -0.577. The predicted octanol–water partition coefficient (Wildman–Crippen LogP) is 1.08. The lowest BCUT2D eigenvalue weighted by Crippen LogP contribution is -2.12. The summed E-state index contributed by atoms with van der Waals surface area (Å²) in [7, 11) is 1.79. The molecule has 0 aliphatic rings. The van der Waals surface area contributed by atoms with Gasteiger partial charge in [-0.2, -0.15) is 5.10 Å². The number of carbonyl (C=O) groups excluding carboxylic acids is 2. The lowest BCUT2D eigenvalue weighted by atomic mass is 10.2. The molecule has 0 unspecified atom stereocenters. The molecule has 3 heterocycles. The molecule has 0 spiro atoms. The summed E-state index contributed by atoms with van der Waals surface area (Å²) in [6, 6.07) is 1.72. The van der Waals surface area contributed by atoms with E-state index in [-0.39, 0.29) is 10.8 Å². The third kappa shape index (κ3) is 2.42. The van der Waals surface area contributed by atoms with E-state index in [1.165, 1.54) is 12.4 Å². The number of aryl methyl sites for hydroxylation is 2. The molecule has 8 nitrogen and oxygen atoms in total. The number of pyridine rings is 1. The number of hydrogen-bond acceptors (Lipinski definition) is 6. The van der Waals surface area contributed by atoms with Gasteiger partial charge in [-0.1, -0.05) is 11.3 Å². The molecule has 3 aromatic heterocycles. The number of primary amides is 1. The van der Waals surface area contributed by atoms with Crippen molar-refractivity contribution >= 4 is 39.3 Å². The molecule has 0 aromatic carbocycles. The molecule has 0 saturated carbocycles. The molecule has 2 amide bonds. The van der Waals surface area contributed by atoms with Crippen LogP contribution in [0.3, 0.4) is 0 Å². The Labute approximate surface area is 129 Å². The van der Waals surface area contributed by atoms with Gasteiger partial charge in [0.1, 0.15) is 4.88 Å². The van der Waals surface area contributed by atoms with Crippen molar-refractivity contribution in [2.24, 2.45) is 12.8 Å². The van der Waals surface area contributed by atoms with E-state index in [0.29, 0.717) is 16.3 Å². The molecular weight excluding hydrogens is 304 g/mol. The van der Waals surface area contributed by atoms with Crippen LogP contribution in [0.4, 0.5) is 5.13 Å². The molecule has 22 heavy (non-hydrogen) atoms. The Morgan fingerprint density at radius 3 is 2.77 bits per heavy atom. The average molecular weight is 316 g/mol. The number of rotatable bonds is 3. The maximum Gasteiger partial charge on any atom is 0.260 e. The topological polar surface area (TPSA) is 116 Å². The SMILES string of the molecule is Cc1nn(C)c2ncc(C(=O)Nc3ncc(C(N)=O)s3)cc12. The molecule has 0 radical (unpaired) electrons. The van der Waals surface area contributed by atoms with Crippen molar-refractivity contribution in [1.29, 1.82) is 0 Å². The van der Waals surface area contributed by atoms with Gasteiger partial charge in [0.15, 0.2) is 10.8 Å². The first-order valence-electron chi connectivity index (χ1n) is 6.32. The summed E-state index contributed by atoms with van der Waals surface area (Å²) in [5, 5.41) is 8.00. The van der Waals surface area contributed by atoms with E-state index in [1.807, 2.05) is 6.92 Å². The van der Waals surface area contributed by atoms with E-state index in [4.69, 9.17) is 5.73 Å². The van der Waals surface area contributed by atoms with Crippen LogP contribution in [0, 0.1) is 6.92 Å². The second kappa shape index (κ2) is 5.19. The number of nitrogens with zero attached hydrogens (tertiary/aromatic N) is 4. The minimum Gasteiger partial charge on any atom is -0.365 e. The smallest absolute Gasteiger partial charge is 0.260 e. The van der Waals surface area contributed by atoms with Crippen molar-refractivity contribution in [2.45, 2.75) is 6.92 Å². The third-order valence-electron chi connectivity index (χ3n) is 3.09. The van der Waals surface area contributed by atoms with Gasteiger partial charge < -0.3 is 5.73 Å². The first-order valence-corrected chi connectivity index (χ1v) is 7.13. The maximum absolute atomic E-state index is 12.2. The van der Waals surface area contributed by atoms with Gasteiger partial charge >= 0.3 is 0 Å². The molecule has 112 valence electrons. The minimum absolute atomic E-state index is 0.284. The maximum atomic E-state index is 12.2. The van der Waals surface area contributed by atoms with Crippen LogP contribution < -0.4 is 11.1 Å². The van der Waals surface area contributed by atoms with E-state index in [1.54, 1.807) is 17.8 Å². The van der Waals surface area contributed by atoms with E-state index in [0.717, 1.165) is 22.4 Å². The van der Waals surface area contributed by atoms with E-state index >= 15 is 0 Å². The summed E-state index contributed by atoms with van der Waals surface area (Å²) < 4.78 is 1.66. The number of hydrogen-bond donors (Lipinski definition) is 2. The number of amides is 2. The fourth-order valence-electron chi connectivity index (χ4n) is 2.05. The standard InChI is InChI=1S/C13H12N6O2S/c1-6-8-3-7(4-15-11(8)19(2)18-6)12(21)17-13-16-5-9(22-13)10(14)20/h3-5H,1-2H3,(H2,14,20)(H,16,17,21). The Morgan fingerprint density at radius 1 is 1.32 bits per heavy atom. The van der Waals surface area contributed by atoms with Crippen LogP contribution in [0.2, 0.25) is 0 Å². The zero-order chi connectivity index (χ0) is 15.9. The molecule has 3 rings (SSSR count). The Morgan fingerprint density at radius 2 is 2.09 bits per heavy atom. The summed E-state index contributed by atoms with van der Waals surface area (Å²) >= 11 is 1.02. The number of anilines is 1. The second-order valence-corrected chi connectivity index (χ2v) is 5.68. The number of nitrogens with two attached hydrogens (primary N) is 1. The van der Waals surface area contributed by atoms with Crippen LogP contribution in [0.25, 0.3) is 11.0 Å². The zero-order valence-corrected chi connectivity index (χ0v) is 12.6. The molecule has 0 atom stereocenters. The monoisotopic (exact) mass is 316 g/mol. The summed E-state index contributed by atoms with van der Waals surface area (Å²) in [4.78, 5) is 31.7. The highest BCUT2D eigenvalue weighted by Gasteiger charge is 2.14. The van der Waals surface area contributed by atoms with Gasteiger partial charge in [0, 0.05) is 18.6 Å². The van der Waals surface area contributed by atoms with Crippen LogP contribution in [-0.2, 0) is 7.05 Å². The van der Waals surface area contributed by atoms with E-state index in [9.17, 15) is 9.59 Å². The highest BCUT2D eigenvalue weighted by atomic mass is 32.1. The molecule has 9 heteroatoms. The Hall–Kier alpha value is -2.81. The van der Waals surface area contributed by atoms with Gasteiger partial charge in [-0.05, 0) is 13.0 Å². The summed E-state index contributed by atoms with van der Waals surface area (Å²) in [6.07, 6.45) is 2.80. The molecule has 0 saturated heterocycles. The summed E-state index contributed by atoms with van der Waals surface area (Å²) in [6.45, 7) is 1.85. The Bertz CT molecular complexity index is 897. The van der Waals surface area contributed by atoms with Crippen LogP contribution in [0.15, 0.2) is 18.5 Å². The number of carbonyl (C=O) groups is 2. The quantitative estimate of drug-likeness (QED) is 0.750. The molecule has 0 aliphatic heterocycles. The second-order valence-electron chi connectivity index (χ2n) is 4.65. The Balaban J connectivity index is 1.88. The van der Waals surface area contributed by atoms with Crippen LogP contribution in [0.1, 0.15) is 25.7 Å². The van der Waals surface area contributed by atoms with Gasteiger partial charge in [0.25, 0.3) is 11.8 Å². The highest BCUT2D eigenvalue weighted by Crippen LogP contribution is 2.20. The Kier molecular flexibility index (Phi) is 3.33. The van der Waals surface area contributed by atoms with E-state index < -0.39 is 5.91 Å². The zero-order valence-electron chi connectivity index (χ0n) is 11.8. The molecule has 3 aromatic rings. The number of aromatic nitrogens is 4. The number of thiazole rings is 1. The lowest BCUT2D eigenvalue weighted by Gasteiger charge is -2.01. The lowest BCUT2D eigenvalue weighted by molar-refractivity contribution is 0.100. The summed E-state index contributed by atoms with van der Waals surface area (Å²) in [5.74, 6) is -0.935. The first kappa shape index (κ1) is 14.1. The third-order valence-corrected chi connectivity index (χ3v) is 4.02. The van der Waals surface area contributed by atoms with Gasteiger partial charge in [-0.3, -0.25) is 19.6 Å². The van der Waals surface area contributed by atoms with Gasteiger partial charge in [-0.25, -0.2) is 9.97 Å².